The van der Waals surface area contributed by atoms with Crippen molar-refractivity contribution >= 4 is 21.9 Å². The molecular weight excluding hydrogens is 414 g/mol. The number of para-hydroxylation sites is 1. The molecule has 140 valence electrons. The number of methoxy groups -OCH3 is 1. The van der Waals surface area contributed by atoms with Gasteiger partial charge in [0.05, 0.1) is 19.3 Å². The fourth-order valence-electron chi connectivity index (χ4n) is 2.55. The van der Waals surface area contributed by atoms with E-state index >= 15 is 0 Å². The predicted octanol–water partition coefficient (Wildman–Crippen LogP) is 4.00. The van der Waals surface area contributed by atoms with Crippen molar-refractivity contribution in [1.29, 1.82) is 0 Å². The van der Waals surface area contributed by atoms with Crippen LogP contribution in [0.4, 0.5) is 0 Å². The number of rotatable bonds is 7. The van der Waals surface area contributed by atoms with Crippen molar-refractivity contribution < 1.29 is 19.0 Å². The molecule has 8 heteroatoms. The molecule has 0 bridgehead atoms. The van der Waals surface area contributed by atoms with Gasteiger partial charge in [-0.1, -0.05) is 34.1 Å². The number of halogens is 1. The van der Waals surface area contributed by atoms with Crippen LogP contribution in [-0.2, 0) is 11.3 Å². The standard InChI is InChI=1S/C19H18BrN3O4/c1-3-26-19(24)17-16(21-23-22-17)14-8-5-9-15(25-2)18(14)27-11-12-6-4-7-13(20)10-12/h4-10H,3,11H2,1-2H3,(H,21,22,23). The summed E-state index contributed by atoms with van der Waals surface area (Å²) in [6.07, 6.45) is 0. The van der Waals surface area contributed by atoms with Gasteiger partial charge in [-0.15, -0.1) is 5.10 Å². The molecule has 0 atom stereocenters. The van der Waals surface area contributed by atoms with E-state index in [1.807, 2.05) is 24.3 Å². The summed E-state index contributed by atoms with van der Waals surface area (Å²) in [4.78, 5) is 12.2. The minimum atomic E-state index is -0.554. The van der Waals surface area contributed by atoms with E-state index in [1.165, 1.54) is 0 Å². The van der Waals surface area contributed by atoms with Crippen molar-refractivity contribution in [2.24, 2.45) is 0 Å². The third-order valence-corrected chi connectivity index (χ3v) is 4.24. The van der Waals surface area contributed by atoms with Gasteiger partial charge in [0.2, 0.25) is 0 Å². The smallest absolute Gasteiger partial charge is 0.361 e. The van der Waals surface area contributed by atoms with Gasteiger partial charge in [0.25, 0.3) is 0 Å². The first-order chi connectivity index (χ1) is 13.1. The highest BCUT2D eigenvalue weighted by molar-refractivity contribution is 9.10. The third-order valence-electron chi connectivity index (χ3n) is 3.74. The zero-order valence-electron chi connectivity index (χ0n) is 14.9. The summed E-state index contributed by atoms with van der Waals surface area (Å²) in [5.74, 6) is 0.446. The summed E-state index contributed by atoms with van der Waals surface area (Å²) in [5.41, 5.74) is 2.00. The van der Waals surface area contributed by atoms with Gasteiger partial charge in [-0.05, 0) is 36.8 Å². The Morgan fingerprint density at radius 2 is 2.00 bits per heavy atom. The second kappa shape index (κ2) is 8.68. The van der Waals surface area contributed by atoms with E-state index in [-0.39, 0.29) is 12.3 Å². The van der Waals surface area contributed by atoms with Crippen molar-refractivity contribution in [2.45, 2.75) is 13.5 Å². The quantitative estimate of drug-likeness (QED) is 0.568. The first-order valence-corrected chi connectivity index (χ1v) is 9.05. The SMILES string of the molecule is CCOC(=O)c1n[nH]nc1-c1cccc(OC)c1OCc1cccc(Br)c1. The number of hydrogen-bond acceptors (Lipinski definition) is 6. The van der Waals surface area contributed by atoms with Crippen LogP contribution in [0.3, 0.4) is 0 Å². The molecule has 0 aliphatic rings. The van der Waals surface area contributed by atoms with Crippen molar-refractivity contribution in [2.75, 3.05) is 13.7 Å². The van der Waals surface area contributed by atoms with Crippen molar-refractivity contribution in [3.05, 3.63) is 58.2 Å². The Hall–Kier alpha value is -2.87. The zero-order valence-corrected chi connectivity index (χ0v) is 16.4. The molecule has 0 saturated carbocycles. The number of aromatic amines is 1. The molecule has 0 saturated heterocycles. The number of ether oxygens (including phenoxy) is 3. The summed E-state index contributed by atoms with van der Waals surface area (Å²) < 4.78 is 17.5. The number of H-pyrrole nitrogens is 1. The molecule has 2 aromatic carbocycles. The van der Waals surface area contributed by atoms with Crippen LogP contribution in [-0.4, -0.2) is 35.1 Å². The maximum atomic E-state index is 12.2. The number of nitrogens with one attached hydrogen (secondary N) is 1. The van der Waals surface area contributed by atoms with Crippen LogP contribution < -0.4 is 9.47 Å². The van der Waals surface area contributed by atoms with Crippen molar-refractivity contribution in [3.63, 3.8) is 0 Å². The summed E-state index contributed by atoms with van der Waals surface area (Å²) in [6.45, 7) is 2.30. The van der Waals surface area contributed by atoms with Crippen LogP contribution in [0, 0.1) is 0 Å². The molecule has 0 fully saturated rings. The van der Waals surface area contributed by atoms with Gasteiger partial charge < -0.3 is 14.2 Å². The van der Waals surface area contributed by atoms with Gasteiger partial charge >= 0.3 is 5.97 Å². The van der Waals surface area contributed by atoms with Crippen LogP contribution in [0.5, 0.6) is 11.5 Å². The Kier molecular flexibility index (Phi) is 6.08. The van der Waals surface area contributed by atoms with Crippen LogP contribution >= 0.6 is 15.9 Å². The number of carbonyl (C=O) groups is 1. The summed E-state index contributed by atoms with van der Waals surface area (Å²) in [6, 6.07) is 13.2. The Bertz CT molecular complexity index is 942. The monoisotopic (exact) mass is 431 g/mol. The molecule has 0 aliphatic carbocycles. The lowest BCUT2D eigenvalue weighted by atomic mass is 10.1. The number of benzene rings is 2. The average Bonchev–Trinajstić information content (AvgIpc) is 3.16. The van der Waals surface area contributed by atoms with Crippen LogP contribution in [0.1, 0.15) is 23.0 Å². The molecule has 1 N–H and O–H groups in total. The van der Waals surface area contributed by atoms with Gasteiger partial charge in [0.15, 0.2) is 17.2 Å². The Morgan fingerprint density at radius 3 is 2.74 bits per heavy atom. The first-order valence-electron chi connectivity index (χ1n) is 8.26. The molecule has 0 radical (unpaired) electrons. The fourth-order valence-corrected chi connectivity index (χ4v) is 3.00. The first kappa shape index (κ1) is 18.9. The van der Waals surface area contributed by atoms with E-state index in [0.29, 0.717) is 29.4 Å². The summed E-state index contributed by atoms with van der Waals surface area (Å²) in [5, 5.41) is 10.5. The number of esters is 1. The van der Waals surface area contributed by atoms with E-state index in [1.54, 1.807) is 32.2 Å². The van der Waals surface area contributed by atoms with E-state index in [9.17, 15) is 4.79 Å². The highest BCUT2D eigenvalue weighted by Gasteiger charge is 2.23. The molecule has 0 unspecified atom stereocenters. The molecule has 3 rings (SSSR count). The molecule has 7 nitrogen and oxygen atoms in total. The van der Waals surface area contributed by atoms with Gasteiger partial charge in [-0.25, -0.2) is 4.79 Å². The fraction of sp³-hybridized carbons (Fsp3) is 0.211. The maximum Gasteiger partial charge on any atom is 0.361 e. The van der Waals surface area contributed by atoms with E-state index in [0.717, 1.165) is 10.0 Å². The topological polar surface area (TPSA) is 86.3 Å². The molecule has 0 aliphatic heterocycles. The number of hydrogen-bond donors (Lipinski definition) is 1. The molecule has 27 heavy (non-hydrogen) atoms. The average molecular weight is 432 g/mol. The highest BCUT2D eigenvalue weighted by Crippen LogP contribution is 2.38. The van der Waals surface area contributed by atoms with E-state index < -0.39 is 5.97 Å². The third kappa shape index (κ3) is 4.28. The molecule has 1 aromatic heterocycles. The minimum absolute atomic E-state index is 0.0948. The number of aromatic nitrogens is 3. The van der Waals surface area contributed by atoms with Crippen molar-refractivity contribution in [3.8, 4) is 22.8 Å². The van der Waals surface area contributed by atoms with E-state index in [4.69, 9.17) is 14.2 Å². The second-order valence-corrected chi connectivity index (χ2v) is 6.41. The van der Waals surface area contributed by atoms with Crippen LogP contribution in [0.25, 0.3) is 11.3 Å². The Balaban J connectivity index is 1.97. The molecule has 3 aromatic rings. The number of nitrogens with zero attached hydrogens (tertiary/aromatic N) is 2. The lowest BCUT2D eigenvalue weighted by molar-refractivity contribution is 0.0520. The lowest BCUT2D eigenvalue weighted by Gasteiger charge is -2.14. The minimum Gasteiger partial charge on any atom is -0.493 e. The van der Waals surface area contributed by atoms with Gasteiger partial charge in [-0.3, -0.25) is 0 Å². The van der Waals surface area contributed by atoms with Crippen molar-refractivity contribution in [1.82, 2.24) is 15.4 Å². The van der Waals surface area contributed by atoms with Gasteiger partial charge in [-0.2, -0.15) is 10.3 Å². The Morgan fingerprint density at radius 1 is 1.19 bits per heavy atom. The lowest BCUT2D eigenvalue weighted by Crippen LogP contribution is -2.07. The molecule has 1 heterocycles. The normalized spacial score (nSPS) is 10.5. The second-order valence-electron chi connectivity index (χ2n) is 5.50. The summed E-state index contributed by atoms with van der Waals surface area (Å²) >= 11 is 3.45. The molecule has 0 spiro atoms. The van der Waals surface area contributed by atoms with Gasteiger partial charge in [0.1, 0.15) is 12.3 Å². The zero-order chi connectivity index (χ0) is 19.2. The number of carbonyl (C=O) groups excluding carboxylic acids is 1. The van der Waals surface area contributed by atoms with Gasteiger partial charge in [0, 0.05) is 4.47 Å². The molecule has 0 amide bonds. The van der Waals surface area contributed by atoms with Crippen LogP contribution in [0.2, 0.25) is 0 Å². The molecular formula is C19H18BrN3O4. The van der Waals surface area contributed by atoms with E-state index in [2.05, 4.69) is 31.3 Å². The maximum absolute atomic E-state index is 12.2. The van der Waals surface area contributed by atoms with Crippen LogP contribution in [0.15, 0.2) is 46.9 Å². The Labute approximate surface area is 164 Å². The summed E-state index contributed by atoms with van der Waals surface area (Å²) in [7, 11) is 1.56. The predicted molar refractivity (Wildman–Crippen MR) is 103 cm³/mol. The highest BCUT2D eigenvalue weighted by atomic mass is 79.9. The largest absolute Gasteiger partial charge is 0.493 e.